The molecule has 4 nitrogen and oxygen atoms in total. The Hall–Kier alpha value is -10.8. The summed E-state index contributed by atoms with van der Waals surface area (Å²) >= 11 is 3.63. The van der Waals surface area contributed by atoms with Crippen LogP contribution in [-0.4, -0.2) is 27.2 Å². The lowest BCUT2D eigenvalue weighted by Gasteiger charge is -2.28. The number of fused-ring (bicyclic) bond motifs is 25. The summed E-state index contributed by atoms with van der Waals surface area (Å²) in [7, 11) is -2.70. The lowest BCUT2D eigenvalue weighted by atomic mass is 9.81. The van der Waals surface area contributed by atoms with E-state index in [4.69, 9.17) is 4.98 Å². The molecule has 0 unspecified atom stereocenters. The van der Waals surface area contributed by atoms with E-state index in [-0.39, 0.29) is 5.41 Å². The quantitative estimate of drug-likeness (QED) is 0.165. The molecule has 0 atom stereocenters. The number of hydrogen-bond donors (Lipinski definition) is 0. The zero-order valence-corrected chi connectivity index (χ0v) is 53.0. The third-order valence-corrected chi connectivity index (χ3v) is 27.7. The van der Waals surface area contributed by atoms with Gasteiger partial charge in [0, 0.05) is 70.9 Å². The molecule has 18 aromatic rings. The average Bonchev–Trinajstić information content (AvgIpc) is 1.51. The minimum atomic E-state index is -2.70. The van der Waals surface area contributed by atoms with Gasteiger partial charge in [0.1, 0.15) is 0 Å². The highest BCUT2D eigenvalue weighted by Gasteiger charge is 2.54. The molecule has 2 aliphatic heterocycles. The first-order valence-electron chi connectivity index (χ1n) is 31.7. The number of hydrogen-bond acceptors (Lipinski definition) is 4. The van der Waals surface area contributed by atoms with Crippen molar-refractivity contribution in [2.45, 2.75) is 19.3 Å². The Balaban J connectivity index is 0.000000131. The number of nitrogens with zero attached hydrogens (tertiary/aromatic N) is 4. The molecule has 0 saturated heterocycles. The molecule has 7 heteroatoms. The smallest absolute Gasteiger partial charge is 0.182 e. The molecule has 12 aromatic carbocycles. The molecule has 92 heavy (non-hydrogen) atoms. The van der Waals surface area contributed by atoms with Crippen LogP contribution in [0.5, 0.6) is 0 Å². The van der Waals surface area contributed by atoms with Gasteiger partial charge in [-0.15, -0.1) is 22.7 Å². The van der Waals surface area contributed by atoms with Crippen LogP contribution in [0.3, 0.4) is 0 Å². The number of benzene rings is 12. The summed E-state index contributed by atoms with van der Waals surface area (Å²) in [4.78, 5) is 9.47. The largest absolute Gasteiger partial charge is 0.309 e. The predicted molar refractivity (Wildman–Crippen MR) is 393 cm³/mol. The van der Waals surface area contributed by atoms with E-state index >= 15 is 0 Å². The molecule has 0 fully saturated rings. The van der Waals surface area contributed by atoms with Crippen molar-refractivity contribution in [2.24, 2.45) is 0 Å². The Morgan fingerprint density at radius 1 is 0.293 bits per heavy atom. The second-order valence-electron chi connectivity index (χ2n) is 25.5. The van der Waals surface area contributed by atoms with Gasteiger partial charge in [0.15, 0.2) is 8.07 Å². The molecule has 6 aromatic heterocycles. The van der Waals surface area contributed by atoms with E-state index in [0.717, 1.165) is 11.0 Å². The highest BCUT2D eigenvalue weighted by molar-refractivity contribution is 7.26. The second kappa shape index (κ2) is 19.4. The minimum Gasteiger partial charge on any atom is -0.309 e. The zero-order chi connectivity index (χ0) is 60.6. The highest BCUT2D eigenvalue weighted by Crippen LogP contribution is 2.51. The first kappa shape index (κ1) is 52.0. The minimum absolute atomic E-state index is 0.115. The molecule has 0 radical (unpaired) electrons. The molecule has 21 rings (SSSR count). The SMILES string of the molecule is CC1(C)c2cc(-c3ccc4sc5cccnc5c4c3)ccc2-c2ccc(-n3c4ccccc4c4ccccc43)cc21.c1ccc2c(c1)-c1ccccc1[Si]21c2cc(-c3ccc4sc5cccnc5c4c3)ccc2-c2ccc(-n3c4ccccc4c4ccccc43)cc21. The van der Waals surface area contributed by atoms with Crippen LogP contribution in [0.1, 0.15) is 25.0 Å². The van der Waals surface area contributed by atoms with Gasteiger partial charge >= 0.3 is 0 Å². The lowest BCUT2D eigenvalue weighted by Crippen LogP contribution is -2.70. The van der Waals surface area contributed by atoms with Crippen LogP contribution in [0.25, 0.3) is 151 Å². The molecular weight excluding hydrogens is 1170 g/mol. The van der Waals surface area contributed by atoms with Gasteiger partial charge in [0.2, 0.25) is 0 Å². The van der Waals surface area contributed by atoms with E-state index in [9.17, 15) is 0 Å². The first-order chi connectivity index (χ1) is 45.4. The van der Waals surface area contributed by atoms with Crippen molar-refractivity contribution >= 4 is 136 Å². The average molecular weight is 1220 g/mol. The summed E-state index contributed by atoms with van der Waals surface area (Å²) in [5, 5.41) is 13.6. The fraction of sp³-hybridized carbons (Fsp3) is 0.0353. The standard InChI is InChI=1S/C47H28N2SSi.C38H26N2S/c1-5-14-39-32(10-1)33-11-2-6-15-40(33)49(39)31-21-23-37-36-22-19-30(29-20-24-41-38(26-29)47-42(50-41)16-9-25-48-47)27-45(36)51(46(37)28-31)43-17-7-3-12-34(43)35-13-4-8-18-44(35)51;1-38(2)31-21-24(23-14-18-35-30(20-23)37-36(41-35)12-7-19-39-37)13-16-26(31)27-17-15-25(22-32(27)38)40-33-10-5-3-8-28(33)29-9-4-6-11-34(29)40/h1-28H;3-22H,1-2H3. The van der Waals surface area contributed by atoms with Crippen molar-refractivity contribution in [3.05, 3.63) is 303 Å². The van der Waals surface area contributed by atoms with Crippen LogP contribution in [0.4, 0.5) is 0 Å². The van der Waals surface area contributed by atoms with Crippen molar-refractivity contribution in [1.29, 1.82) is 0 Å². The van der Waals surface area contributed by atoms with Crippen molar-refractivity contribution < 1.29 is 0 Å². The summed E-state index contributed by atoms with van der Waals surface area (Å²) in [5.74, 6) is 0. The van der Waals surface area contributed by atoms with Crippen LogP contribution in [-0.2, 0) is 5.41 Å². The van der Waals surface area contributed by atoms with E-state index in [1.807, 2.05) is 47.2 Å². The summed E-state index contributed by atoms with van der Waals surface area (Å²) in [6.07, 6.45) is 3.80. The van der Waals surface area contributed by atoms with Crippen LogP contribution < -0.4 is 20.7 Å². The molecular formula is C85H54N4S2Si. The van der Waals surface area contributed by atoms with E-state index < -0.39 is 8.07 Å². The monoisotopic (exact) mass is 1220 g/mol. The number of aromatic nitrogens is 4. The maximum atomic E-state index is 4.78. The van der Waals surface area contributed by atoms with E-state index in [1.165, 1.54) is 172 Å². The number of rotatable bonds is 4. The maximum Gasteiger partial charge on any atom is 0.182 e. The van der Waals surface area contributed by atoms with Crippen molar-refractivity contribution in [2.75, 3.05) is 0 Å². The first-order valence-corrected chi connectivity index (χ1v) is 35.3. The topological polar surface area (TPSA) is 35.6 Å². The van der Waals surface area contributed by atoms with Gasteiger partial charge < -0.3 is 9.13 Å². The Morgan fingerprint density at radius 3 is 1.20 bits per heavy atom. The van der Waals surface area contributed by atoms with Gasteiger partial charge in [-0.05, 0) is 191 Å². The summed E-state index contributed by atoms with van der Waals surface area (Å²) < 4.78 is 9.94. The number of thiophene rings is 2. The molecule has 8 heterocycles. The van der Waals surface area contributed by atoms with Gasteiger partial charge in [0.05, 0.1) is 42.5 Å². The molecule has 1 aliphatic carbocycles. The molecule has 0 bridgehead atoms. The fourth-order valence-corrected chi connectivity index (χ4v) is 24.2. The van der Waals surface area contributed by atoms with Crippen molar-refractivity contribution in [3.63, 3.8) is 0 Å². The fourth-order valence-electron chi connectivity index (χ4n) is 16.4. The molecule has 0 saturated carbocycles. The summed E-state index contributed by atoms with van der Waals surface area (Å²) in [6, 6.07) is 104. The second-order valence-corrected chi connectivity index (χ2v) is 31.3. The Morgan fingerprint density at radius 2 is 0.674 bits per heavy atom. The van der Waals surface area contributed by atoms with E-state index in [0.29, 0.717) is 0 Å². The lowest BCUT2D eigenvalue weighted by molar-refractivity contribution is 0.660. The molecule has 0 amide bonds. The van der Waals surface area contributed by atoms with Gasteiger partial charge in [-0.3, -0.25) is 9.97 Å². The number of para-hydroxylation sites is 4. The van der Waals surface area contributed by atoms with Gasteiger partial charge in [-0.2, -0.15) is 0 Å². The van der Waals surface area contributed by atoms with Gasteiger partial charge in [-0.1, -0.05) is 190 Å². The number of pyridine rings is 2. The molecule has 1 spiro atoms. The molecule has 0 N–H and O–H groups in total. The van der Waals surface area contributed by atoms with Crippen molar-refractivity contribution in [1.82, 2.24) is 19.1 Å². The van der Waals surface area contributed by atoms with Crippen LogP contribution in [0, 0.1) is 0 Å². The zero-order valence-electron chi connectivity index (χ0n) is 50.3. The molecule has 430 valence electrons. The van der Waals surface area contributed by atoms with Crippen molar-refractivity contribution in [3.8, 4) is 67.0 Å². The van der Waals surface area contributed by atoms with Gasteiger partial charge in [0.25, 0.3) is 0 Å². The Labute approximate surface area is 539 Å². The van der Waals surface area contributed by atoms with Gasteiger partial charge in [-0.25, -0.2) is 0 Å². The van der Waals surface area contributed by atoms with E-state index in [1.54, 1.807) is 0 Å². The normalized spacial score (nSPS) is 13.7. The predicted octanol–water partition coefficient (Wildman–Crippen LogP) is 20.1. The third-order valence-electron chi connectivity index (χ3n) is 20.5. The van der Waals surface area contributed by atoms with Crippen LogP contribution in [0.15, 0.2) is 291 Å². The third kappa shape index (κ3) is 7.21. The summed E-state index contributed by atoms with van der Waals surface area (Å²) in [5.41, 5.74) is 25.4. The molecule has 3 aliphatic rings. The Kier molecular flexibility index (Phi) is 10.9. The maximum absolute atomic E-state index is 4.78. The Bertz CT molecular complexity index is 6060. The van der Waals surface area contributed by atoms with Crippen LogP contribution in [0.2, 0.25) is 0 Å². The highest BCUT2D eigenvalue weighted by atomic mass is 32.1. The summed E-state index contributed by atoms with van der Waals surface area (Å²) in [6.45, 7) is 4.74. The van der Waals surface area contributed by atoms with E-state index in [2.05, 4.69) is 295 Å². The van der Waals surface area contributed by atoms with Crippen LogP contribution >= 0.6 is 22.7 Å².